The fourth-order valence-electron chi connectivity index (χ4n) is 3.59. The van der Waals surface area contributed by atoms with Gasteiger partial charge in [-0.05, 0) is 32.0 Å². The molecule has 0 aliphatic heterocycles. The van der Waals surface area contributed by atoms with Crippen molar-refractivity contribution in [1.29, 1.82) is 0 Å². The number of rotatable bonds is 2. The summed E-state index contributed by atoms with van der Waals surface area (Å²) in [7, 11) is 0. The van der Waals surface area contributed by atoms with E-state index in [1.165, 1.54) is 0 Å². The molecule has 118 valence electrons. The summed E-state index contributed by atoms with van der Waals surface area (Å²) in [5.74, 6) is 0.202. The van der Waals surface area contributed by atoms with Crippen molar-refractivity contribution < 1.29 is 9.90 Å². The Morgan fingerprint density at radius 2 is 1.54 bits per heavy atom. The van der Waals surface area contributed by atoms with Crippen molar-refractivity contribution in [3.05, 3.63) is 71.9 Å². The van der Waals surface area contributed by atoms with Gasteiger partial charge in [-0.25, -0.2) is 0 Å². The quantitative estimate of drug-likeness (QED) is 0.529. The molecular weight excluding hydrogens is 298 g/mol. The molecule has 0 saturated heterocycles. The second-order valence-corrected chi connectivity index (χ2v) is 6.02. The maximum absolute atomic E-state index is 12.3. The van der Waals surface area contributed by atoms with Gasteiger partial charge >= 0.3 is 0 Å². The number of benzene rings is 3. The van der Waals surface area contributed by atoms with E-state index in [0.717, 1.165) is 33.1 Å². The van der Waals surface area contributed by atoms with Gasteiger partial charge in [0.1, 0.15) is 5.75 Å². The van der Waals surface area contributed by atoms with Gasteiger partial charge in [-0.2, -0.15) is 0 Å². The Balaban J connectivity index is 2.29. The van der Waals surface area contributed by atoms with Crippen molar-refractivity contribution in [2.45, 2.75) is 13.8 Å². The third-order valence-corrected chi connectivity index (χ3v) is 4.55. The molecule has 0 aliphatic carbocycles. The molecule has 0 unspecified atom stereocenters. The van der Waals surface area contributed by atoms with E-state index < -0.39 is 0 Å². The zero-order chi connectivity index (χ0) is 16.8. The molecule has 0 atom stereocenters. The van der Waals surface area contributed by atoms with Crippen molar-refractivity contribution in [2.24, 2.45) is 0 Å². The van der Waals surface area contributed by atoms with E-state index in [1.54, 1.807) is 13.0 Å². The zero-order valence-electron chi connectivity index (χ0n) is 13.6. The second-order valence-electron chi connectivity index (χ2n) is 6.02. The first-order valence-corrected chi connectivity index (χ1v) is 7.91. The van der Waals surface area contributed by atoms with Gasteiger partial charge in [0.2, 0.25) is 0 Å². The van der Waals surface area contributed by atoms with Crippen molar-refractivity contribution in [2.75, 3.05) is 0 Å². The number of aromatic hydroxyl groups is 1. The molecule has 0 bridgehead atoms. The first-order valence-electron chi connectivity index (χ1n) is 7.91. The minimum atomic E-state index is 0.00172. The van der Waals surface area contributed by atoms with Crippen molar-refractivity contribution >= 4 is 27.5 Å². The van der Waals surface area contributed by atoms with Crippen molar-refractivity contribution in [3.63, 3.8) is 0 Å². The second kappa shape index (κ2) is 5.24. The van der Waals surface area contributed by atoms with E-state index >= 15 is 0 Å². The normalized spacial score (nSPS) is 11.2. The number of carbonyl (C=O) groups is 1. The molecule has 0 amide bonds. The summed E-state index contributed by atoms with van der Waals surface area (Å²) >= 11 is 0. The molecule has 0 radical (unpaired) electrons. The van der Waals surface area contributed by atoms with Crippen LogP contribution >= 0.6 is 0 Å². The van der Waals surface area contributed by atoms with Crippen LogP contribution in [0, 0.1) is 6.92 Å². The first-order chi connectivity index (χ1) is 11.6. The molecule has 1 N–H and O–H groups in total. The Hall–Kier alpha value is -3.07. The van der Waals surface area contributed by atoms with Crippen molar-refractivity contribution in [3.8, 4) is 11.4 Å². The third-order valence-electron chi connectivity index (χ3n) is 4.55. The van der Waals surface area contributed by atoms with Crippen LogP contribution in [-0.4, -0.2) is 15.5 Å². The van der Waals surface area contributed by atoms with Crippen LogP contribution in [0.1, 0.15) is 23.0 Å². The van der Waals surface area contributed by atoms with E-state index in [9.17, 15) is 9.90 Å². The molecule has 1 heterocycles. The van der Waals surface area contributed by atoms with Gasteiger partial charge in [-0.15, -0.1) is 0 Å². The SMILES string of the molecule is CC(=O)c1c(C)n(-c2ccccc2)c2c1cc(O)c1ccccc12. The number of ketones is 1. The van der Waals surface area contributed by atoms with Crippen LogP contribution in [0.15, 0.2) is 60.7 Å². The summed E-state index contributed by atoms with van der Waals surface area (Å²) in [4.78, 5) is 12.3. The number of aromatic nitrogens is 1. The molecule has 0 spiro atoms. The summed E-state index contributed by atoms with van der Waals surface area (Å²) in [6.07, 6.45) is 0. The summed E-state index contributed by atoms with van der Waals surface area (Å²) in [5.41, 5.74) is 3.51. The van der Waals surface area contributed by atoms with E-state index in [2.05, 4.69) is 4.57 Å². The number of hydrogen-bond acceptors (Lipinski definition) is 2. The van der Waals surface area contributed by atoms with E-state index in [4.69, 9.17) is 0 Å². The van der Waals surface area contributed by atoms with Crippen LogP contribution in [0.2, 0.25) is 0 Å². The lowest BCUT2D eigenvalue weighted by atomic mass is 10.0. The topological polar surface area (TPSA) is 42.2 Å². The molecule has 0 fully saturated rings. The molecule has 0 saturated carbocycles. The van der Waals surface area contributed by atoms with Crippen LogP contribution in [0.4, 0.5) is 0 Å². The standard InChI is InChI=1S/C21H17NO2/c1-13-20(14(2)23)18-12-19(24)16-10-6-7-11-17(16)21(18)22(13)15-8-4-3-5-9-15/h3-12,24H,1-2H3. The number of Topliss-reactive ketones (excluding diaryl/α,β-unsaturated/α-hetero) is 1. The van der Waals surface area contributed by atoms with E-state index in [-0.39, 0.29) is 11.5 Å². The highest BCUT2D eigenvalue weighted by Crippen LogP contribution is 2.38. The molecule has 1 aromatic heterocycles. The molecule has 3 nitrogen and oxygen atoms in total. The Bertz CT molecular complexity index is 1090. The van der Waals surface area contributed by atoms with Gasteiger partial charge in [-0.1, -0.05) is 42.5 Å². The number of hydrogen-bond donors (Lipinski definition) is 1. The predicted octanol–water partition coefficient (Wildman–Crippen LogP) is 5.00. The lowest BCUT2D eigenvalue weighted by molar-refractivity contribution is 0.101. The lowest BCUT2D eigenvalue weighted by Gasteiger charge is -2.11. The molecule has 24 heavy (non-hydrogen) atoms. The predicted molar refractivity (Wildman–Crippen MR) is 97.2 cm³/mol. The first kappa shape index (κ1) is 14.5. The van der Waals surface area contributed by atoms with E-state index in [0.29, 0.717) is 5.56 Å². The largest absolute Gasteiger partial charge is 0.507 e. The number of phenols is 1. The van der Waals surface area contributed by atoms with Crippen LogP contribution in [0.25, 0.3) is 27.4 Å². The molecular formula is C21H17NO2. The Morgan fingerprint density at radius 3 is 2.21 bits per heavy atom. The highest BCUT2D eigenvalue weighted by atomic mass is 16.3. The van der Waals surface area contributed by atoms with Crippen LogP contribution in [0.5, 0.6) is 5.75 Å². The average Bonchev–Trinajstić information content (AvgIpc) is 2.88. The Labute approximate surface area is 139 Å². The molecule has 3 aromatic carbocycles. The molecule has 4 aromatic rings. The molecule has 4 rings (SSSR count). The lowest BCUT2D eigenvalue weighted by Crippen LogP contribution is -1.99. The van der Waals surface area contributed by atoms with Crippen molar-refractivity contribution in [1.82, 2.24) is 4.57 Å². The maximum atomic E-state index is 12.3. The summed E-state index contributed by atoms with van der Waals surface area (Å²) < 4.78 is 2.10. The average molecular weight is 315 g/mol. The minimum absolute atomic E-state index is 0.00172. The Morgan fingerprint density at radius 1 is 0.917 bits per heavy atom. The monoisotopic (exact) mass is 315 g/mol. The number of carbonyl (C=O) groups excluding carboxylic acids is 1. The number of nitrogens with zero attached hydrogens (tertiary/aromatic N) is 1. The van der Waals surface area contributed by atoms with Crippen LogP contribution in [-0.2, 0) is 0 Å². The van der Waals surface area contributed by atoms with Gasteiger partial charge in [-0.3, -0.25) is 4.79 Å². The minimum Gasteiger partial charge on any atom is -0.507 e. The van der Waals surface area contributed by atoms with Gasteiger partial charge in [0, 0.05) is 33.1 Å². The number of fused-ring (bicyclic) bond motifs is 3. The summed E-state index contributed by atoms with van der Waals surface area (Å²) in [6, 6.07) is 19.4. The molecule has 3 heteroatoms. The maximum Gasteiger partial charge on any atom is 0.162 e. The van der Waals surface area contributed by atoms with Gasteiger partial charge in [0.25, 0.3) is 0 Å². The summed E-state index contributed by atoms with van der Waals surface area (Å²) in [5, 5.41) is 12.9. The van der Waals surface area contributed by atoms with Gasteiger partial charge in [0.15, 0.2) is 5.78 Å². The van der Waals surface area contributed by atoms with Crippen LogP contribution < -0.4 is 0 Å². The fourth-order valence-corrected chi connectivity index (χ4v) is 3.59. The molecule has 0 aliphatic rings. The highest BCUT2D eigenvalue weighted by molar-refractivity contribution is 6.17. The number of phenolic OH excluding ortho intramolecular Hbond substituents is 1. The third kappa shape index (κ3) is 1.95. The van der Waals surface area contributed by atoms with Crippen LogP contribution in [0.3, 0.4) is 0 Å². The van der Waals surface area contributed by atoms with Gasteiger partial charge in [0.05, 0.1) is 5.52 Å². The van der Waals surface area contributed by atoms with E-state index in [1.807, 2.05) is 61.5 Å². The smallest absolute Gasteiger partial charge is 0.162 e. The zero-order valence-corrected chi connectivity index (χ0v) is 13.6. The van der Waals surface area contributed by atoms with Gasteiger partial charge < -0.3 is 9.67 Å². The highest BCUT2D eigenvalue weighted by Gasteiger charge is 2.21. The Kier molecular flexibility index (Phi) is 3.17. The summed E-state index contributed by atoms with van der Waals surface area (Å²) in [6.45, 7) is 3.53. The fraction of sp³-hybridized carbons (Fsp3) is 0.0952. The number of para-hydroxylation sites is 1.